The molecule has 0 radical (unpaired) electrons. The van der Waals surface area contributed by atoms with Crippen molar-refractivity contribution in [1.82, 2.24) is 14.3 Å². The van der Waals surface area contributed by atoms with Gasteiger partial charge in [0.1, 0.15) is 15.8 Å². The number of carbonyl (C=O) groups is 1. The Morgan fingerprint density at radius 1 is 1.15 bits per heavy atom. The maximum absolute atomic E-state index is 13.3. The van der Waals surface area contributed by atoms with E-state index < -0.39 is 0 Å². The third-order valence-corrected chi connectivity index (χ3v) is 6.85. The smallest absolute Gasteiger partial charge is 0.267 e. The van der Waals surface area contributed by atoms with Gasteiger partial charge in [-0.15, -0.1) is 0 Å². The Morgan fingerprint density at radius 3 is 2.71 bits per heavy atom. The predicted octanol–water partition coefficient (Wildman–Crippen LogP) is 3.63. The highest BCUT2D eigenvalue weighted by Crippen LogP contribution is 2.33. The van der Waals surface area contributed by atoms with E-state index in [9.17, 15) is 9.59 Å². The fourth-order valence-corrected chi connectivity index (χ4v) is 5.01. The highest BCUT2D eigenvalue weighted by Gasteiger charge is 2.32. The third kappa shape index (κ3) is 5.38. The number of fused-ring (bicyclic) bond motifs is 1. The lowest BCUT2D eigenvalue weighted by atomic mass is 10.1. The number of thiocarbonyl (C=S) groups is 1. The van der Waals surface area contributed by atoms with E-state index in [2.05, 4.69) is 22.4 Å². The summed E-state index contributed by atoms with van der Waals surface area (Å²) in [5.74, 6) is 0.190. The van der Waals surface area contributed by atoms with Gasteiger partial charge in [0.15, 0.2) is 0 Å². The van der Waals surface area contributed by atoms with Gasteiger partial charge < -0.3 is 10.4 Å². The number of amides is 1. The Labute approximate surface area is 207 Å². The standard InChI is InChI=1S/C25H26N4O3S2/c1-17-10-11-21-27-22(26-12-6-14-30)19(23(31)29(21)16-17)15-20-24(32)28(25(33)34-20)13-5-9-18-7-3-2-4-8-18/h2-4,7-8,10-11,15-16,26,30H,5-6,9,12-14H2,1H3. The van der Waals surface area contributed by atoms with Crippen LogP contribution in [0, 0.1) is 6.92 Å². The summed E-state index contributed by atoms with van der Waals surface area (Å²) in [4.78, 5) is 33.1. The van der Waals surface area contributed by atoms with Gasteiger partial charge in [0.25, 0.3) is 11.5 Å². The van der Waals surface area contributed by atoms with Gasteiger partial charge in [0.05, 0.1) is 10.5 Å². The zero-order valence-electron chi connectivity index (χ0n) is 18.9. The van der Waals surface area contributed by atoms with Gasteiger partial charge in [-0.05, 0) is 49.5 Å². The van der Waals surface area contributed by atoms with Crippen molar-refractivity contribution in [2.24, 2.45) is 0 Å². The maximum atomic E-state index is 13.3. The van der Waals surface area contributed by atoms with Crippen LogP contribution in [0.4, 0.5) is 5.82 Å². The molecule has 1 aromatic carbocycles. The van der Waals surface area contributed by atoms with Crippen molar-refractivity contribution in [2.75, 3.05) is 25.0 Å². The molecule has 1 fully saturated rings. The molecule has 0 spiro atoms. The zero-order chi connectivity index (χ0) is 24.1. The summed E-state index contributed by atoms with van der Waals surface area (Å²) in [6.07, 6.45) is 5.47. The van der Waals surface area contributed by atoms with Crippen LogP contribution in [0.25, 0.3) is 11.7 Å². The molecule has 0 unspecified atom stereocenters. The number of benzene rings is 1. The third-order valence-electron chi connectivity index (χ3n) is 5.47. The first kappa shape index (κ1) is 24.1. The highest BCUT2D eigenvalue weighted by molar-refractivity contribution is 8.26. The predicted molar refractivity (Wildman–Crippen MR) is 141 cm³/mol. The monoisotopic (exact) mass is 494 g/mol. The molecule has 7 nitrogen and oxygen atoms in total. The second kappa shape index (κ2) is 10.9. The van der Waals surface area contributed by atoms with Crippen molar-refractivity contribution in [2.45, 2.75) is 26.2 Å². The van der Waals surface area contributed by atoms with Gasteiger partial charge in [0.2, 0.25) is 0 Å². The number of hydrogen-bond donors (Lipinski definition) is 2. The van der Waals surface area contributed by atoms with Gasteiger partial charge >= 0.3 is 0 Å². The SMILES string of the molecule is Cc1ccc2nc(NCCCO)c(C=C3SC(=S)N(CCCc4ccccc4)C3=O)c(=O)n2c1. The zero-order valence-corrected chi connectivity index (χ0v) is 20.5. The Balaban J connectivity index is 1.61. The molecule has 0 aliphatic carbocycles. The molecule has 0 saturated carbocycles. The fraction of sp³-hybridized carbons (Fsp3) is 0.280. The number of carbonyl (C=O) groups excluding carboxylic acids is 1. The van der Waals surface area contributed by atoms with Crippen molar-refractivity contribution in [1.29, 1.82) is 0 Å². The lowest BCUT2D eigenvalue weighted by Crippen LogP contribution is -2.29. The Morgan fingerprint density at radius 2 is 1.94 bits per heavy atom. The van der Waals surface area contributed by atoms with Gasteiger partial charge in [-0.3, -0.25) is 18.9 Å². The number of rotatable bonds is 9. The van der Waals surface area contributed by atoms with E-state index >= 15 is 0 Å². The van der Waals surface area contributed by atoms with Gasteiger partial charge in [0, 0.05) is 25.9 Å². The van der Waals surface area contributed by atoms with Crippen LogP contribution in [0.5, 0.6) is 0 Å². The van der Waals surface area contributed by atoms with E-state index in [1.165, 1.54) is 21.7 Å². The number of thioether (sulfide) groups is 1. The first-order valence-electron chi connectivity index (χ1n) is 11.1. The topological polar surface area (TPSA) is 86.9 Å². The molecule has 3 aromatic rings. The summed E-state index contributed by atoms with van der Waals surface area (Å²) in [5.41, 5.74) is 2.67. The van der Waals surface area contributed by atoms with Gasteiger partial charge in [-0.2, -0.15) is 0 Å². The van der Waals surface area contributed by atoms with Crippen LogP contribution >= 0.6 is 24.0 Å². The first-order chi connectivity index (χ1) is 16.5. The Hall–Kier alpha value is -3.01. The molecule has 9 heteroatoms. The van der Waals surface area contributed by atoms with Crippen molar-refractivity contribution in [3.8, 4) is 0 Å². The molecule has 4 rings (SSSR count). The maximum Gasteiger partial charge on any atom is 0.267 e. The normalized spacial score (nSPS) is 15.0. The largest absolute Gasteiger partial charge is 0.396 e. The van der Waals surface area contributed by atoms with Crippen LogP contribution in [0.3, 0.4) is 0 Å². The molecule has 34 heavy (non-hydrogen) atoms. The number of pyridine rings is 1. The van der Waals surface area contributed by atoms with Crippen LogP contribution in [0.1, 0.15) is 29.5 Å². The fourth-order valence-electron chi connectivity index (χ4n) is 3.72. The second-order valence-corrected chi connectivity index (χ2v) is 9.72. The van der Waals surface area contributed by atoms with E-state index in [1.807, 2.05) is 31.2 Å². The number of nitrogens with one attached hydrogen (secondary N) is 1. The molecule has 2 aromatic heterocycles. The van der Waals surface area contributed by atoms with E-state index in [0.717, 1.165) is 18.4 Å². The average Bonchev–Trinajstić information content (AvgIpc) is 3.10. The van der Waals surface area contributed by atoms with Crippen molar-refractivity contribution >= 4 is 51.7 Å². The lowest BCUT2D eigenvalue weighted by Gasteiger charge is -2.14. The Kier molecular flexibility index (Phi) is 7.77. The van der Waals surface area contributed by atoms with Crippen LogP contribution in [-0.2, 0) is 11.2 Å². The van der Waals surface area contributed by atoms with Gasteiger partial charge in [-0.1, -0.05) is 60.4 Å². The number of hydrogen-bond acceptors (Lipinski definition) is 7. The van der Waals surface area contributed by atoms with Crippen LogP contribution in [0.2, 0.25) is 0 Å². The summed E-state index contributed by atoms with van der Waals surface area (Å²) in [6.45, 7) is 2.90. The molecule has 3 heterocycles. The van der Waals surface area contributed by atoms with E-state index in [0.29, 0.717) is 45.8 Å². The molecular formula is C25H26N4O3S2. The van der Waals surface area contributed by atoms with E-state index in [4.69, 9.17) is 17.3 Å². The minimum absolute atomic E-state index is 0.0235. The first-order valence-corrected chi connectivity index (χ1v) is 12.4. The summed E-state index contributed by atoms with van der Waals surface area (Å²) in [6, 6.07) is 13.8. The van der Waals surface area contributed by atoms with E-state index in [-0.39, 0.29) is 18.1 Å². The minimum Gasteiger partial charge on any atom is -0.396 e. The quantitative estimate of drug-likeness (QED) is 0.267. The molecule has 0 bridgehead atoms. The summed E-state index contributed by atoms with van der Waals surface area (Å²) in [7, 11) is 0. The number of nitrogens with zero attached hydrogens (tertiary/aromatic N) is 3. The summed E-state index contributed by atoms with van der Waals surface area (Å²) < 4.78 is 1.97. The summed E-state index contributed by atoms with van der Waals surface area (Å²) in [5, 5.41) is 12.3. The molecule has 2 N–H and O–H groups in total. The number of aryl methyl sites for hydroxylation is 2. The molecule has 1 aliphatic heterocycles. The van der Waals surface area contributed by atoms with Gasteiger partial charge in [-0.25, -0.2) is 4.98 Å². The van der Waals surface area contributed by atoms with Crippen molar-refractivity contribution < 1.29 is 9.90 Å². The van der Waals surface area contributed by atoms with Crippen molar-refractivity contribution in [3.05, 3.63) is 80.6 Å². The lowest BCUT2D eigenvalue weighted by molar-refractivity contribution is -0.122. The molecule has 1 aliphatic rings. The van der Waals surface area contributed by atoms with Crippen LogP contribution in [-0.4, -0.2) is 49.3 Å². The molecule has 0 atom stereocenters. The minimum atomic E-state index is -0.269. The number of aliphatic hydroxyl groups is 1. The molecular weight excluding hydrogens is 468 g/mol. The molecule has 1 amide bonds. The number of aromatic nitrogens is 2. The van der Waals surface area contributed by atoms with Crippen molar-refractivity contribution in [3.63, 3.8) is 0 Å². The number of anilines is 1. The highest BCUT2D eigenvalue weighted by atomic mass is 32.2. The van der Waals surface area contributed by atoms with Crippen LogP contribution in [0.15, 0.2) is 58.4 Å². The number of aliphatic hydroxyl groups excluding tert-OH is 1. The van der Waals surface area contributed by atoms with Crippen LogP contribution < -0.4 is 10.9 Å². The average molecular weight is 495 g/mol. The second-order valence-electron chi connectivity index (χ2n) is 8.04. The molecule has 1 saturated heterocycles. The van der Waals surface area contributed by atoms with E-state index in [1.54, 1.807) is 23.2 Å². The summed E-state index contributed by atoms with van der Waals surface area (Å²) >= 11 is 6.67. The molecule has 176 valence electrons. The Bertz CT molecular complexity index is 1300.